The second-order valence-corrected chi connectivity index (χ2v) is 5.77. The van der Waals surface area contributed by atoms with E-state index in [0.29, 0.717) is 35.2 Å². The van der Waals surface area contributed by atoms with Crippen molar-refractivity contribution >= 4 is 17.5 Å². The van der Waals surface area contributed by atoms with Gasteiger partial charge in [0.25, 0.3) is 11.8 Å². The Kier molecular flexibility index (Phi) is 3.68. The third kappa shape index (κ3) is 2.22. The van der Waals surface area contributed by atoms with E-state index in [1.54, 1.807) is 24.3 Å². The summed E-state index contributed by atoms with van der Waals surface area (Å²) < 4.78 is 0. The molecule has 0 aromatic heterocycles. The maximum Gasteiger partial charge on any atom is 0.266 e. The Bertz CT molecular complexity index is 824. The lowest BCUT2D eigenvalue weighted by molar-refractivity contribution is 0.0925. The van der Waals surface area contributed by atoms with Gasteiger partial charge < -0.3 is 5.11 Å². The molecule has 1 aliphatic heterocycles. The van der Waals surface area contributed by atoms with Crippen LogP contribution in [0.15, 0.2) is 30.3 Å². The monoisotopic (exact) mass is 309 g/mol. The number of amides is 2. The van der Waals surface area contributed by atoms with Gasteiger partial charge in [0.05, 0.1) is 16.8 Å². The van der Waals surface area contributed by atoms with Crippen LogP contribution in [0, 0.1) is 6.92 Å². The van der Waals surface area contributed by atoms with E-state index >= 15 is 0 Å². The fourth-order valence-corrected chi connectivity index (χ4v) is 3.14. The Hall–Kier alpha value is -2.62. The molecule has 1 heterocycles. The zero-order valence-electron chi connectivity index (χ0n) is 13.5. The first kappa shape index (κ1) is 15.3. The molecule has 23 heavy (non-hydrogen) atoms. The topological polar surface area (TPSA) is 57.6 Å². The molecule has 2 aromatic carbocycles. The Morgan fingerprint density at radius 2 is 1.65 bits per heavy atom. The van der Waals surface area contributed by atoms with Gasteiger partial charge in [0, 0.05) is 5.56 Å². The lowest BCUT2D eigenvalue weighted by Gasteiger charge is -2.22. The summed E-state index contributed by atoms with van der Waals surface area (Å²) in [7, 11) is 0. The second-order valence-electron chi connectivity index (χ2n) is 5.77. The maximum absolute atomic E-state index is 12.8. The van der Waals surface area contributed by atoms with E-state index in [-0.39, 0.29) is 17.6 Å². The number of fused-ring (bicyclic) bond motifs is 1. The molecule has 0 bridgehead atoms. The van der Waals surface area contributed by atoms with E-state index < -0.39 is 0 Å². The molecule has 2 aromatic rings. The van der Waals surface area contributed by atoms with Gasteiger partial charge in [-0.3, -0.25) is 9.59 Å². The fourth-order valence-electron chi connectivity index (χ4n) is 3.14. The second kappa shape index (κ2) is 5.54. The quantitative estimate of drug-likeness (QED) is 0.881. The Morgan fingerprint density at radius 3 is 2.30 bits per heavy atom. The summed E-state index contributed by atoms with van der Waals surface area (Å²) in [5.74, 6) is -0.517. The summed E-state index contributed by atoms with van der Waals surface area (Å²) in [6, 6.07) is 8.68. The molecule has 0 atom stereocenters. The van der Waals surface area contributed by atoms with Gasteiger partial charge in [-0.1, -0.05) is 31.5 Å². The molecule has 0 aliphatic carbocycles. The lowest BCUT2D eigenvalue weighted by atomic mass is 10.0. The van der Waals surface area contributed by atoms with Crippen LogP contribution in [0.4, 0.5) is 5.69 Å². The molecule has 1 N–H and O–H groups in total. The van der Waals surface area contributed by atoms with Crippen molar-refractivity contribution in [3.8, 4) is 5.75 Å². The minimum Gasteiger partial charge on any atom is -0.508 e. The van der Waals surface area contributed by atoms with Crippen LogP contribution in [0.2, 0.25) is 0 Å². The maximum atomic E-state index is 12.8. The van der Waals surface area contributed by atoms with Gasteiger partial charge in [-0.15, -0.1) is 0 Å². The van der Waals surface area contributed by atoms with E-state index in [2.05, 4.69) is 0 Å². The minimum atomic E-state index is -0.319. The summed E-state index contributed by atoms with van der Waals surface area (Å²) in [5, 5.41) is 10.2. The van der Waals surface area contributed by atoms with E-state index in [9.17, 15) is 14.7 Å². The zero-order valence-corrected chi connectivity index (χ0v) is 13.5. The third-order valence-corrected chi connectivity index (χ3v) is 4.34. The predicted octanol–water partition coefficient (Wildman–Crippen LogP) is 3.63. The van der Waals surface area contributed by atoms with Gasteiger partial charge in [0.15, 0.2) is 0 Å². The van der Waals surface area contributed by atoms with Crippen molar-refractivity contribution in [2.45, 2.75) is 33.6 Å². The number of carbonyl (C=O) groups excluding carboxylic acids is 2. The number of benzene rings is 2. The lowest BCUT2D eigenvalue weighted by Crippen LogP contribution is -2.31. The highest BCUT2D eigenvalue weighted by atomic mass is 16.3. The van der Waals surface area contributed by atoms with Crippen LogP contribution < -0.4 is 4.90 Å². The Morgan fingerprint density at radius 1 is 0.957 bits per heavy atom. The fraction of sp³-hybridized carbons (Fsp3) is 0.263. The molecule has 0 saturated heterocycles. The molecular formula is C19H19NO3. The van der Waals surface area contributed by atoms with Crippen molar-refractivity contribution in [1.29, 1.82) is 0 Å². The molecule has 4 nitrogen and oxygen atoms in total. The van der Waals surface area contributed by atoms with Crippen molar-refractivity contribution in [3.63, 3.8) is 0 Å². The molecule has 0 unspecified atom stereocenters. The van der Waals surface area contributed by atoms with Crippen LogP contribution in [-0.2, 0) is 12.8 Å². The summed E-state index contributed by atoms with van der Waals surface area (Å²) in [5.41, 5.74) is 3.85. The highest BCUT2D eigenvalue weighted by Crippen LogP contribution is 2.38. The predicted molar refractivity (Wildman–Crippen MR) is 89.2 cm³/mol. The van der Waals surface area contributed by atoms with Crippen LogP contribution in [-0.4, -0.2) is 16.9 Å². The smallest absolute Gasteiger partial charge is 0.266 e. The number of aryl methyl sites for hydroxylation is 2. The molecule has 1 aliphatic rings. The standard InChI is InChI=1S/C19H19NO3/c1-4-12-7-9-16(21)13(5-2)17(12)20-18(22)14-8-6-11(3)10-15(14)19(20)23/h6-10,21H,4-5H2,1-3H3. The average Bonchev–Trinajstić information content (AvgIpc) is 2.78. The van der Waals surface area contributed by atoms with Crippen molar-refractivity contribution in [3.05, 3.63) is 58.1 Å². The number of aromatic hydroxyl groups is 1. The molecule has 3 rings (SSSR count). The Labute approximate surface area is 135 Å². The van der Waals surface area contributed by atoms with Gasteiger partial charge in [-0.05, 0) is 43.5 Å². The number of rotatable bonds is 3. The number of nitrogens with zero attached hydrogens (tertiary/aromatic N) is 1. The molecule has 0 fully saturated rings. The van der Waals surface area contributed by atoms with Crippen LogP contribution in [0.25, 0.3) is 0 Å². The molecule has 0 saturated carbocycles. The molecular weight excluding hydrogens is 290 g/mol. The first-order valence-electron chi connectivity index (χ1n) is 7.82. The number of anilines is 1. The number of imide groups is 1. The highest BCUT2D eigenvalue weighted by Gasteiger charge is 2.38. The first-order chi connectivity index (χ1) is 11.0. The van der Waals surface area contributed by atoms with Crippen LogP contribution in [0.1, 0.15) is 51.3 Å². The van der Waals surface area contributed by atoms with Crippen LogP contribution >= 0.6 is 0 Å². The van der Waals surface area contributed by atoms with E-state index in [4.69, 9.17) is 0 Å². The van der Waals surface area contributed by atoms with Crippen molar-refractivity contribution in [1.82, 2.24) is 0 Å². The van der Waals surface area contributed by atoms with E-state index in [1.807, 2.05) is 26.8 Å². The number of phenols is 1. The summed E-state index contributed by atoms with van der Waals surface area (Å²) in [6.07, 6.45) is 1.22. The van der Waals surface area contributed by atoms with Crippen LogP contribution in [0.3, 0.4) is 0 Å². The van der Waals surface area contributed by atoms with Gasteiger partial charge in [0.1, 0.15) is 5.75 Å². The molecule has 2 amide bonds. The zero-order chi connectivity index (χ0) is 16.7. The van der Waals surface area contributed by atoms with Gasteiger partial charge in [-0.25, -0.2) is 4.90 Å². The third-order valence-electron chi connectivity index (χ3n) is 4.34. The normalized spacial score (nSPS) is 13.6. The highest BCUT2D eigenvalue weighted by molar-refractivity contribution is 6.35. The molecule has 118 valence electrons. The van der Waals surface area contributed by atoms with Crippen molar-refractivity contribution in [2.24, 2.45) is 0 Å². The van der Waals surface area contributed by atoms with Gasteiger partial charge >= 0.3 is 0 Å². The van der Waals surface area contributed by atoms with E-state index in [1.165, 1.54) is 4.90 Å². The van der Waals surface area contributed by atoms with Gasteiger partial charge in [-0.2, -0.15) is 0 Å². The number of carbonyl (C=O) groups is 2. The van der Waals surface area contributed by atoms with Crippen LogP contribution in [0.5, 0.6) is 5.75 Å². The summed E-state index contributed by atoms with van der Waals surface area (Å²) >= 11 is 0. The first-order valence-corrected chi connectivity index (χ1v) is 7.82. The number of hydrogen-bond donors (Lipinski definition) is 1. The minimum absolute atomic E-state index is 0.118. The number of hydrogen-bond acceptors (Lipinski definition) is 3. The molecule has 4 heteroatoms. The summed E-state index contributed by atoms with van der Waals surface area (Å²) in [4.78, 5) is 26.8. The van der Waals surface area contributed by atoms with E-state index in [0.717, 1.165) is 11.1 Å². The number of phenolic OH excluding ortho intramolecular Hbond substituents is 1. The largest absolute Gasteiger partial charge is 0.508 e. The molecule has 0 radical (unpaired) electrons. The SMILES string of the molecule is CCc1ccc(O)c(CC)c1N1C(=O)c2ccc(C)cc2C1=O. The van der Waals surface area contributed by atoms with Crippen molar-refractivity contribution in [2.75, 3.05) is 4.90 Å². The van der Waals surface area contributed by atoms with Gasteiger partial charge in [0.2, 0.25) is 0 Å². The summed E-state index contributed by atoms with van der Waals surface area (Å²) in [6.45, 7) is 5.77. The molecule has 0 spiro atoms. The van der Waals surface area contributed by atoms with Crippen molar-refractivity contribution < 1.29 is 14.7 Å². The average molecular weight is 309 g/mol. The Balaban J connectivity index is 2.23.